The van der Waals surface area contributed by atoms with Crippen molar-refractivity contribution in [2.24, 2.45) is 5.92 Å². The monoisotopic (exact) mass is 2220 g/mol. The van der Waals surface area contributed by atoms with Crippen molar-refractivity contribution in [3.05, 3.63) is 33.4 Å². The number of unbranched alkanes of at least 4 members (excludes halogenated alkanes) is 1. The molecule has 1 heterocycles. The topological polar surface area (TPSA) is 573 Å². The van der Waals surface area contributed by atoms with Crippen molar-refractivity contribution >= 4 is 147 Å². The maximum absolute atomic E-state index is 14.5. The quantitative estimate of drug-likeness (QED) is 0.0187. The van der Waals surface area contributed by atoms with Crippen LogP contribution in [0.4, 0.5) is 0 Å². The summed E-state index contributed by atoms with van der Waals surface area (Å²) in [6.07, 6.45) is 0.573. The van der Waals surface area contributed by atoms with Crippen molar-refractivity contribution in [3.63, 3.8) is 0 Å². The molecule has 2 rings (SSSR count). The van der Waals surface area contributed by atoms with Crippen LogP contribution >= 0.6 is 34.4 Å². The van der Waals surface area contributed by atoms with Gasteiger partial charge < -0.3 is 106 Å². The van der Waals surface area contributed by atoms with E-state index < -0.39 is 240 Å². The normalized spacial score (nSPS) is 15.0. The molecule has 1 aliphatic heterocycles. The lowest BCUT2D eigenvalue weighted by molar-refractivity contribution is -0.163. The van der Waals surface area contributed by atoms with E-state index in [0.717, 1.165) is 9.13 Å². The van der Waals surface area contributed by atoms with Crippen LogP contribution in [0.25, 0.3) is 0 Å². The number of hydrogen-bond donors (Lipinski definition) is 12. The number of hydrogen-bond acceptors (Lipinski definition) is 33. The maximum atomic E-state index is 14.5. The third kappa shape index (κ3) is 66.2. The average Bonchev–Trinajstić information content (AvgIpc) is 0.845. The molecule has 44 nitrogen and oxygen atoms in total. The first-order valence-corrected chi connectivity index (χ1v) is 52.8. The number of nitrogens with one attached hydrogen (secondary N) is 11. The van der Waals surface area contributed by atoms with Crippen LogP contribution < -0.4 is 58.5 Å². The van der Waals surface area contributed by atoms with E-state index in [9.17, 15) is 96.2 Å². The molecule has 7 atom stereocenters. The number of nitrogens with zero attached hydrogens (tertiary/aromatic N) is 4. The molecule has 11 amide bonds. The van der Waals surface area contributed by atoms with Gasteiger partial charge in [-0.3, -0.25) is 111 Å². The molecule has 0 saturated carbocycles. The molecule has 147 heavy (non-hydrogen) atoms. The van der Waals surface area contributed by atoms with Crippen LogP contribution in [-0.4, -0.2) is 362 Å². The molecule has 0 spiro atoms. The molecule has 0 radical (unpaired) electrons. The molecule has 0 aliphatic carbocycles. The number of ether oxygens (including phenoxy) is 9. The zero-order valence-electron chi connectivity index (χ0n) is 91.0. The fourth-order valence-corrected chi connectivity index (χ4v) is 15.1. The van der Waals surface area contributed by atoms with Crippen LogP contribution in [0.2, 0.25) is 0 Å². The van der Waals surface area contributed by atoms with Gasteiger partial charge in [0.15, 0.2) is 0 Å². The van der Waals surface area contributed by atoms with Crippen LogP contribution in [0.3, 0.4) is 0 Å². The summed E-state index contributed by atoms with van der Waals surface area (Å²) >= 11 is 3.59. The Morgan fingerprint density at radius 2 is 0.748 bits per heavy atom. The molecule has 1 fully saturated rings. The first-order chi connectivity index (χ1) is 68.1. The summed E-state index contributed by atoms with van der Waals surface area (Å²) in [5.74, 6) is -13.8. The summed E-state index contributed by atoms with van der Waals surface area (Å²) in [6.45, 7) is 37.9. The number of halogens is 1. The summed E-state index contributed by atoms with van der Waals surface area (Å²) in [7, 11) is 0. The second kappa shape index (κ2) is 66.5. The molecule has 12 N–H and O–H groups in total. The number of rotatable bonds is 60. The number of carbonyl (C=O) groups excluding carboxylic acids is 18. The van der Waals surface area contributed by atoms with Crippen LogP contribution in [0.15, 0.2) is 24.3 Å². The number of esters is 7. The third-order valence-electron chi connectivity index (χ3n) is 20.9. The van der Waals surface area contributed by atoms with E-state index >= 15 is 0 Å². The minimum absolute atomic E-state index is 0.0428. The van der Waals surface area contributed by atoms with Crippen molar-refractivity contribution in [2.45, 2.75) is 343 Å². The minimum Gasteiger partial charge on any atom is -0.481 e. The molecule has 836 valence electrons. The molecule has 1 unspecified atom stereocenters. The van der Waals surface area contributed by atoms with Crippen molar-refractivity contribution in [3.8, 4) is 0 Å². The maximum Gasteiger partial charge on any atom is 0.323 e. The van der Waals surface area contributed by atoms with Gasteiger partial charge in [0.25, 0.3) is 0 Å². The summed E-state index contributed by atoms with van der Waals surface area (Å²) < 4.78 is 51.7. The number of thioether (sulfide) groups is 1. The second-order valence-electron chi connectivity index (χ2n) is 43.3. The van der Waals surface area contributed by atoms with Gasteiger partial charge >= 0.3 is 47.8 Å². The summed E-state index contributed by atoms with van der Waals surface area (Å²) in [5, 5.41) is 38.0. The highest BCUT2D eigenvalue weighted by Crippen LogP contribution is 2.22. The molecule has 0 bridgehead atoms. The predicted molar refractivity (Wildman–Crippen MR) is 557 cm³/mol. The standard InChI is InChI=1S/C101H170IN15O29S/c1-66(2)87(113-92(135)73(44-59-147-24)109-78(121)61-106-75(118)39-38-74(94(137)146-101(21,22)23)117-54-52-115(63-85(129)144-99(15,16)17)50-48-114(62-84(128)143-98(12,13)14)49-51-116(53-55-117)64-86(130)145-100(18,19)20)93(136)107-60-77(120)103-45-26-25-29-69(108-76(119)30-27-28-67-31-33-68(102)34-32-67)88(131)105-47-56-138-57-58-139-65-79(122)110-71(36-41-82(126)141-96(6,7)8)90(133)112-72(37-42-83(127)142-97(9,10)11)91(134)111-70(89(132)104-46-43-80(123)124)35-40-81(125)140-95(3,4)5/h31-34,66,69-74,87H,25-30,35-65H2,1-24H3,(H,103,120)(H,104,132)(H,105,131)(H,106,118)(H,107,136)(H,108,119)(H,109,121)(H,110,122)(H,111,134)(H,112,133)(H,113,135)(H,123,124)/t69-,70+,71?,72+,73-,74+,87-/m0/s1. The van der Waals surface area contributed by atoms with Gasteiger partial charge in [-0.15, -0.1) is 0 Å². The van der Waals surface area contributed by atoms with E-state index in [1.807, 2.05) is 43.9 Å². The lowest BCUT2D eigenvalue weighted by Crippen LogP contribution is -2.57. The van der Waals surface area contributed by atoms with Gasteiger partial charge in [0.1, 0.15) is 88.1 Å². The van der Waals surface area contributed by atoms with Gasteiger partial charge in [0, 0.05) is 108 Å². The SMILES string of the molecule is CSCC[C@H](NC(=O)CNC(=O)CC[C@H](C(=O)OC(C)(C)C)N1CCN(CC(=O)OC(C)(C)C)CCN(CC(=O)OC(C)(C)C)CCN(CC(=O)OC(C)(C)C)CC1)C(=O)N[C@H](C(=O)NCC(=O)NCCCC[C@H](NC(=O)CCCc1ccc(I)cc1)C(=O)NCCOCCOCC(=O)NC(CCC(=O)OC(C)(C)C)C(=O)N[C@H](CCC(=O)OC(C)(C)C)C(=O)N[C@H](CCC(=O)OC(C)(C)C)C(=O)NCCC(=O)O)C(C)C. The van der Waals surface area contributed by atoms with Crippen molar-refractivity contribution < 1.29 is 139 Å². The fourth-order valence-electron chi connectivity index (χ4n) is 14.3. The van der Waals surface area contributed by atoms with Crippen LogP contribution in [-0.2, 0) is 140 Å². The highest BCUT2D eigenvalue weighted by molar-refractivity contribution is 14.1. The number of carbonyl (C=O) groups is 19. The van der Waals surface area contributed by atoms with E-state index in [-0.39, 0.29) is 169 Å². The number of amides is 11. The van der Waals surface area contributed by atoms with Gasteiger partial charge in [-0.1, -0.05) is 26.0 Å². The largest absolute Gasteiger partial charge is 0.481 e. The van der Waals surface area contributed by atoms with Gasteiger partial charge in [-0.25, -0.2) is 0 Å². The Bertz CT molecular complexity index is 4360. The first kappa shape index (κ1) is 133. The summed E-state index contributed by atoms with van der Waals surface area (Å²) in [5.41, 5.74) is -5.15. The smallest absolute Gasteiger partial charge is 0.323 e. The van der Waals surface area contributed by atoms with Crippen molar-refractivity contribution in [1.29, 1.82) is 0 Å². The Labute approximate surface area is 884 Å². The summed E-state index contributed by atoms with van der Waals surface area (Å²) in [4.78, 5) is 264. The lowest BCUT2D eigenvalue weighted by Gasteiger charge is -2.37. The van der Waals surface area contributed by atoms with Gasteiger partial charge in [-0.05, 0) is 268 Å². The van der Waals surface area contributed by atoms with Crippen LogP contribution in [0.5, 0.6) is 0 Å². The molecule has 1 aromatic carbocycles. The van der Waals surface area contributed by atoms with Crippen molar-refractivity contribution in [1.82, 2.24) is 78.1 Å². The first-order valence-electron chi connectivity index (χ1n) is 50.4. The van der Waals surface area contributed by atoms with E-state index in [1.54, 1.807) is 166 Å². The number of carboxylic acid groups (broad SMARTS) is 1. The third-order valence-corrected chi connectivity index (χ3v) is 22.3. The van der Waals surface area contributed by atoms with Crippen molar-refractivity contribution in [2.75, 3.05) is 143 Å². The Morgan fingerprint density at radius 1 is 0.354 bits per heavy atom. The molecular formula is C101H170IN15O29S. The lowest BCUT2D eigenvalue weighted by atomic mass is 10.0. The zero-order chi connectivity index (χ0) is 111. The van der Waals surface area contributed by atoms with Crippen LogP contribution in [0.1, 0.15) is 261 Å². The molecule has 1 saturated heterocycles. The average molecular weight is 2220 g/mol. The molecule has 0 aromatic heterocycles. The van der Waals surface area contributed by atoms with E-state index in [4.69, 9.17) is 42.6 Å². The highest BCUT2D eigenvalue weighted by atomic mass is 127. The Balaban J connectivity index is 2.23. The minimum atomic E-state index is -1.63. The number of aliphatic carboxylic acids is 1. The van der Waals surface area contributed by atoms with Gasteiger partial charge in [0.05, 0.1) is 59.0 Å². The second-order valence-corrected chi connectivity index (χ2v) is 45.5. The Morgan fingerprint density at radius 3 is 1.20 bits per heavy atom. The Kier molecular flexibility index (Phi) is 60.2. The number of benzene rings is 1. The number of aryl methyl sites for hydroxylation is 1. The van der Waals surface area contributed by atoms with E-state index in [1.165, 1.54) is 11.8 Å². The van der Waals surface area contributed by atoms with Gasteiger partial charge in [0.2, 0.25) is 65.0 Å². The highest BCUT2D eigenvalue weighted by Gasteiger charge is 2.38. The zero-order valence-corrected chi connectivity index (χ0v) is 94.0. The van der Waals surface area contributed by atoms with E-state index in [0.29, 0.717) is 31.4 Å². The molecule has 1 aromatic rings. The Hall–Kier alpha value is -10.0. The van der Waals surface area contributed by atoms with E-state index in [2.05, 4.69) is 81.1 Å². The molecular weight excluding hydrogens is 2050 g/mol. The molecule has 46 heteroatoms. The predicted octanol–water partition coefficient (Wildman–Crippen LogP) is 4.29. The number of carboxylic acids is 1. The molecule has 1 aliphatic rings. The summed E-state index contributed by atoms with van der Waals surface area (Å²) in [6, 6.07) is -1.33. The van der Waals surface area contributed by atoms with Crippen LogP contribution in [0, 0.1) is 9.49 Å². The van der Waals surface area contributed by atoms with Gasteiger partial charge in [-0.2, -0.15) is 11.8 Å². The fraction of sp³-hybridized carbons (Fsp3) is 0.752.